The first-order chi connectivity index (χ1) is 2.80. The Morgan fingerprint density at radius 3 is 2.00 bits per heavy atom. The molecule has 1 aliphatic carbocycles. The molecule has 0 bridgehead atoms. The van der Waals surface area contributed by atoms with Gasteiger partial charge in [0.1, 0.15) is 0 Å². The molecular weight excluding hydrogens is 107 g/mol. The summed E-state index contributed by atoms with van der Waals surface area (Å²) in [6.07, 6.45) is 1.77. The summed E-state index contributed by atoms with van der Waals surface area (Å²) in [4.78, 5) is 0. The molecule has 0 aliphatic heterocycles. The molecule has 1 aliphatic rings. The van der Waals surface area contributed by atoms with E-state index in [4.69, 9.17) is 0 Å². The van der Waals surface area contributed by atoms with Gasteiger partial charge in [0.15, 0.2) is 0 Å². The van der Waals surface area contributed by atoms with Crippen LogP contribution in [0.25, 0.3) is 0 Å². The van der Waals surface area contributed by atoms with Crippen LogP contribution in [0.3, 0.4) is 0 Å². The van der Waals surface area contributed by atoms with Gasteiger partial charge in [-0.25, -0.2) is 0 Å². The second-order valence-electron chi connectivity index (χ2n) is 1.46. The van der Waals surface area contributed by atoms with Gasteiger partial charge >= 0.3 is 18.9 Å². The average Bonchev–Trinajstić information content (AvgIpc) is 2.06. The maximum atomic E-state index is 9.76. The molecule has 1 atom stereocenters. The number of rotatable bonds is 1. The summed E-state index contributed by atoms with van der Waals surface area (Å²) >= 11 is -1.76. The van der Waals surface area contributed by atoms with E-state index in [2.05, 4.69) is 0 Å². The van der Waals surface area contributed by atoms with Crippen molar-refractivity contribution >= 4 is 11.1 Å². The third-order valence-corrected chi connectivity index (χ3v) is 1.81. The zero-order valence-electron chi connectivity index (χ0n) is 4.22. The summed E-state index contributed by atoms with van der Waals surface area (Å²) in [5.41, 5.74) is 0. The summed E-state index contributed by atoms with van der Waals surface area (Å²) in [7, 11) is 0. The van der Waals surface area contributed by atoms with Crippen LogP contribution in [0.5, 0.6) is 0 Å². The second kappa shape index (κ2) is 2.88. The Morgan fingerprint density at radius 1 is 1.57 bits per heavy atom. The summed E-state index contributed by atoms with van der Waals surface area (Å²) in [6.45, 7) is 0. The van der Waals surface area contributed by atoms with Gasteiger partial charge in [-0.05, 0) is 12.8 Å². The molecule has 4 heteroatoms. The molecule has 2 nitrogen and oxygen atoms in total. The maximum absolute atomic E-state index is 9.76. The first-order valence-electron chi connectivity index (χ1n) is 1.89. The zero-order chi connectivity index (χ0) is 4.57. The fraction of sp³-hybridized carbons (Fsp3) is 1.00. The number of hydrogen-bond acceptors (Lipinski definition) is 2. The quantitative estimate of drug-likeness (QED) is 0.268. The van der Waals surface area contributed by atoms with Crippen molar-refractivity contribution in [2.45, 2.75) is 18.1 Å². The van der Waals surface area contributed by atoms with E-state index in [1.54, 1.807) is 0 Å². The van der Waals surface area contributed by atoms with Crippen molar-refractivity contribution in [2.75, 3.05) is 0 Å². The van der Waals surface area contributed by atoms with Gasteiger partial charge in [0.2, 0.25) is 0 Å². The van der Waals surface area contributed by atoms with Crippen molar-refractivity contribution < 1.29 is 27.6 Å². The maximum Gasteiger partial charge on any atom is 1.00 e. The third kappa shape index (κ3) is 2.50. The van der Waals surface area contributed by atoms with E-state index >= 15 is 0 Å². The molecule has 0 radical (unpaired) electrons. The first-order valence-corrected chi connectivity index (χ1v) is 3.02. The molecule has 0 spiro atoms. The van der Waals surface area contributed by atoms with E-state index in [-0.39, 0.29) is 24.1 Å². The van der Waals surface area contributed by atoms with Gasteiger partial charge in [0, 0.05) is 5.25 Å². The van der Waals surface area contributed by atoms with Crippen LogP contribution in [0, 0.1) is 0 Å². The monoisotopic (exact) mass is 112 g/mol. The van der Waals surface area contributed by atoms with Crippen molar-refractivity contribution in [1.29, 1.82) is 0 Å². The van der Waals surface area contributed by atoms with Crippen LogP contribution in [-0.2, 0) is 11.1 Å². The Hall–Kier alpha value is 0.707. The van der Waals surface area contributed by atoms with Gasteiger partial charge in [-0.2, -0.15) is 0 Å². The molecule has 7 heavy (non-hydrogen) atoms. The molecule has 0 N–H and O–H groups in total. The molecule has 36 valence electrons. The van der Waals surface area contributed by atoms with Crippen LogP contribution < -0.4 is 18.9 Å². The molecule has 0 saturated heterocycles. The predicted molar refractivity (Wildman–Crippen MR) is 21.9 cm³/mol. The Labute approximate surface area is 57.1 Å². The SMILES string of the molecule is O=S([O-])C1CC1.[Li+]. The molecule has 1 fully saturated rings. The van der Waals surface area contributed by atoms with E-state index in [1.165, 1.54) is 0 Å². The summed E-state index contributed by atoms with van der Waals surface area (Å²) in [5.74, 6) is 0. The third-order valence-electron chi connectivity index (χ3n) is 0.797. The Morgan fingerprint density at radius 2 is 2.00 bits per heavy atom. The van der Waals surface area contributed by atoms with Crippen LogP contribution in [0.2, 0.25) is 0 Å². The smallest absolute Gasteiger partial charge is 0.772 e. The van der Waals surface area contributed by atoms with Crippen molar-refractivity contribution in [3.8, 4) is 0 Å². The van der Waals surface area contributed by atoms with E-state index in [0.29, 0.717) is 0 Å². The topological polar surface area (TPSA) is 40.1 Å². The Bertz CT molecular complexity index is 81.0. The molecule has 1 unspecified atom stereocenters. The molecule has 1 rings (SSSR count). The molecule has 0 aromatic rings. The summed E-state index contributed by atoms with van der Waals surface area (Å²) < 4.78 is 19.5. The van der Waals surface area contributed by atoms with E-state index < -0.39 is 11.1 Å². The normalized spacial score (nSPS) is 23.0. The average molecular weight is 112 g/mol. The van der Waals surface area contributed by atoms with Crippen molar-refractivity contribution in [2.24, 2.45) is 0 Å². The molecular formula is C3H5LiO2S. The second-order valence-corrected chi connectivity index (χ2v) is 2.65. The molecule has 0 amide bonds. The first kappa shape index (κ1) is 7.71. The summed E-state index contributed by atoms with van der Waals surface area (Å²) in [6, 6.07) is 0. The zero-order valence-corrected chi connectivity index (χ0v) is 5.03. The van der Waals surface area contributed by atoms with Gasteiger partial charge in [-0.15, -0.1) is 0 Å². The van der Waals surface area contributed by atoms with Crippen LogP contribution in [-0.4, -0.2) is 14.0 Å². The number of hydrogen-bond donors (Lipinski definition) is 0. The van der Waals surface area contributed by atoms with Crippen molar-refractivity contribution in [3.63, 3.8) is 0 Å². The van der Waals surface area contributed by atoms with Crippen LogP contribution in [0.1, 0.15) is 12.8 Å². The van der Waals surface area contributed by atoms with E-state index in [0.717, 1.165) is 12.8 Å². The minimum Gasteiger partial charge on any atom is -0.772 e. The molecule has 0 aromatic heterocycles. The Kier molecular flexibility index (Phi) is 3.17. The fourth-order valence-corrected chi connectivity index (χ4v) is 0.781. The van der Waals surface area contributed by atoms with Gasteiger partial charge in [-0.1, -0.05) is 11.1 Å². The largest absolute Gasteiger partial charge is 1.00 e. The van der Waals surface area contributed by atoms with E-state index in [9.17, 15) is 8.76 Å². The van der Waals surface area contributed by atoms with E-state index in [1.807, 2.05) is 0 Å². The molecule has 0 heterocycles. The standard InChI is InChI=1S/C3H6O2S.Li/c4-6(5)3-1-2-3;/h3H,1-2H2,(H,4,5);/q;+1/p-1. The molecule has 1 saturated carbocycles. The van der Waals surface area contributed by atoms with Gasteiger partial charge < -0.3 is 4.55 Å². The van der Waals surface area contributed by atoms with Crippen LogP contribution >= 0.6 is 0 Å². The minimum atomic E-state index is -1.76. The van der Waals surface area contributed by atoms with Crippen LogP contribution in [0.4, 0.5) is 0 Å². The van der Waals surface area contributed by atoms with Crippen molar-refractivity contribution in [3.05, 3.63) is 0 Å². The minimum absolute atomic E-state index is 0. The van der Waals surface area contributed by atoms with Gasteiger partial charge in [-0.3, -0.25) is 4.21 Å². The van der Waals surface area contributed by atoms with Crippen molar-refractivity contribution in [1.82, 2.24) is 0 Å². The van der Waals surface area contributed by atoms with Crippen LogP contribution in [0.15, 0.2) is 0 Å². The Balaban J connectivity index is 0.000000360. The fourth-order valence-electron chi connectivity index (χ4n) is 0.260. The van der Waals surface area contributed by atoms with Gasteiger partial charge in [0.25, 0.3) is 0 Å². The summed E-state index contributed by atoms with van der Waals surface area (Å²) in [5, 5.41) is 0.0185. The molecule has 0 aromatic carbocycles. The van der Waals surface area contributed by atoms with Gasteiger partial charge in [0.05, 0.1) is 0 Å². The predicted octanol–water partition coefficient (Wildman–Crippen LogP) is -2.97.